The lowest BCUT2D eigenvalue weighted by Gasteiger charge is -2.22. The van der Waals surface area contributed by atoms with E-state index in [1.165, 1.54) is 11.1 Å². The number of hydrogen-bond acceptors (Lipinski definition) is 3. The van der Waals surface area contributed by atoms with E-state index in [4.69, 9.17) is 10.5 Å². The molecule has 0 radical (unpaired) electrons. The quantitative estimate of drug-likeness (QED) is 0.871. The molecule has 1 aliphatic rings. The summed E-state index contributed by atoms with van der Waals surface area (Å²) in [6.45, 7) is 3.92. The van der Waals surface area contributed by atoms with E-state index < -0.39 is 0 Å². The molecule has 3 N–H and O–H groups in total. The Bertz CT molecular complexity index is 457. The molecule has 1 unspecified atom stereocenters. The fourth-order valence-corrected chi connectivity index (χ4v) is 2.43. The lowest BCUT2D eigenvalue weighted by molar-refractivity contribution is -0.123. The molecule has 0 aromatic heterocycles. The fraction of sp³-hybridized carbons (Fsp3) is 0.533. The molecule has 4 heteroatoms. The number of nitrogens with two attached hydrogens (primary N) is 1. The molecule has 1 aromatic carbocycles. The molecule has 4 nitrogen and oxygen atoms in total. The highest BCUT2D eigenvalue weighted by Gasteiger charge is 2.17. The van der Waals surface area contributed by atoms with Crippen LogP contribution in [0.2, 0.25) is 0 Å². The van der Waals surface area contributed by atoms with Crippen LogP contribution in [0.4, 0.5) is 0 Å². The van der Waals surface area contributed by atoms with Crippen LogP contribution in [0.1, 0.15) is 43.9 Å². The standard InChI is InChI=1S/C15H22N2O2/c1-10(2)17-15(18)9-19-12-6-7-13-11(8-12)4-3-5-14(13)16/h6-8,10,14H,3-5,9,16H2,1-2H3,(H,17,18). The van der Waals surface area contributed by atoms with Gasteiger partial charge in [0.25, 0.3) is 5.91 Å². The number of rotatable bonds is 4. The summed E-state index contributed by atoms with van der Waals surface area (Å²) >= 11 is 0. The molecule has 0 bridgehead atoms. The van der Waals surface area contributed by atoms with Crippen LogP contribution in [0, 0.1) is 0 Å². The largest absolute Gasteiger partial charge is 0.484 e. The van der Waals surface area contributed by atoms with Gasteiger partial charge in [0.05, 0.1) is 0 Å². The maximum Gasteiger partial charge on any atom is 0.258 e. The first-order valence-corrected chi connectivity index (χ1v) is 6.87. The summed E-state index contributed by atoms with van der Waals surface area (Å²) in [7, 11) is 0. The van der Waals surface area contributed by atoms with Crippen LogP contribution >= 0.6 is 0 Å². The molecule has 1 amide bonds. The van der Waals surface area contributed by atoms with Gasteiger partial charge in [-0.15, -0.1) is 0 Å². The predicted molar refractivity (Wildman–Crippen MR) is 75.1 cm³/mol. The Morgan fingerprint density at radius 1 is 1.53 bits per heavy atom. The van der Waals surface area contributed by atoms with Gasteiger partial charge >= 0.3 is 0 Å². The zero-order valence-electron chi connectivity index (χ0n) is 11.6. The van der Waals surface area contributed by atoms with Gasteiger partial charge in [0, 0.05) is 12.1 Å². The van der Waals surface area contributed by atoms with E-state index in [0.29, 0.717) is 0 Å². The Morgan fingerprint density at radius 3 is 3.05 bits per heavy atom. The van der Waals surface area contributed by atoms with Crippen LogP contribution in [0.3, 0.4) is 0 Å². The summed E-state index contributed by atoms with van der Waals surface area (Å²) in [4.78, 5) is 11.5. The highest BCUT2D eigenvalue weighted by atomic mass is 16.5. The van der Waals surface area contributed by atoms with Gasteiger partial charge in [-0.25, -0.2) is 0 Å². The highest BCUT2D eigenvalue weighted by Crippen LogP contribution is 2.30. The third-order valence-electron chi connectivity index (χ3n) is 3.29. The van der Waals surface area contributed by atoms with Crippen LogP contribution < -0.4 is 15.8 Å². The van der Waals surface area contributed by atoms with Crippen molar-refractivity contribution in [3.63, 3.8) is 0 Å². The number of carbonyl (C=O) groups excluding carboxylic acids is 1. The first-order chi connectivity index (χ1) is 9.06. The molecule has 1 atom stereocenters. The summed E-state index contributed by atoms with van der Waals surface area (Å²) in [5, 5.41) is 2.80. The Morgan fingerprint density at radius 2 is 2.32 bits per heavy atom. The minimum atomic E-state index is -0.0931. The average molecular weight is 262 g/mol. The molecule has 0 fully saturated rings. The van der Waals surface area contributed by atoms with Crippen molar-refractivity contribution in [2.75, 3.05) is 6.61 Å². The normalized spacial score (nSPS) is 18.0. The summed E-state index contributed by atoms with van der Waals surface area (Å²) in [5.41, 5.74) is 8.53. The number of fused-ring (bicyclic) bond motifs is 1. The molecule has 1 aromatic rings. The maximum atomic E-state index is 11.5. The fourth-order valence-electron chi connectivity index (χ4n) is 2.43. The third-order valence-corrected chi connectivity index (χ3v) is 3.29. The first kappa shape index (κ1) is 13.9. The number of benzene rings is 1. The van der Waals surface area contributed by atoms with Crippen molar-refractivity contribution in [3.8, 4) is 5.75 Å². The van der Waals surface area contributed by atoms with Gasteiger partial charge in [-0.1, -0.05) is 6.07 Å². The van der Waals surface area contributed by atoms with E-state index in [9.17, 15) is 4.79 Å². The molecule has 0 aliphatic heterocycles. The molecular weight excluding hydrogens is 240 g/mol. The van der Waals surface area contributed by atoms with Crippen LogP contribution in [-0.4, -0.2) is 18.6 Å². The van der Waals surface area contributed by atoms with E-state index in [0.717, 1.165) is 25.0 Å². The van der Waals surface area contributed by atoms with Gasteiger partial charge < -0.3 is 15.8 Å². The molecule has 104 valence electrons. The zero-order valence-corrected chi connectivity index (χ0v) is 11.6. The molecule has 19 heavy (non-hydrogen) atoms. The Kier molecular flexibility index (Phi) is 4.43. The summed E-state index contributed by atoms with van der Waals surface area (Å²) in [6, 6.07) is 6.21. The minimum absolute atomic E-state index is 0.0586. The second kappa shape index (κ2) is 6.06. The number of amides is 1. The van der Waals surface area contributed by atoms with Crippen LogP contribution in [-0.2, 0) is 11.2 Å². The molecule has 2 rings (SSSR count). The number of hydrogen-bond donors (Lipinski definition) is 2. The Hall–Kier alpha value is -1.55. The van der Waals surface area contributed by atoms with Crippen LogP contribution in [0.25, 0.3) is 0 Å². The SMILES string of the molecule is CC(C)NC(=O)COc1ccc2c(c1)CCCC2N. The van der Waals surface area contributed by atoms with Gasteiger partial charge in [-0.3, -0.25) is 4.79 Å². The molecular formula is C15H22N2O2. The maximum absolute atomic E-state index is 11.5. The third kappa shape index (κ3) is 3.70. The van der Waals surface area contributed by atoms with Crippen molar-refractivity contribution < 1.29 is 9.53 Å². The van der Waals surface area contributed by atoms with E-state index in [-0.39, 0.29) is 24.6 Å². The lowest BCUT2D eigenvalue weighted by atomic mass is 9.88. The molecule has 1 aliphatic carbocycles. The van der Waals surface area contributed by atoms with Crippen molar-refractivity contribution >= 4 is 5.91 Å². The number of aryl methyl sites for hydroxylation is 1. The molecule has 0 heterocycles. The van der Waals surface area contributed by atoms with E-state index >= 15 is 0 Å². The number of nitrogens with one attached hydrogen (secondary N) is 1. The summed E-state index contributed by atoms with van der Waals surface area (Å²) in [6.07, 6.45) is 3.20. The summed E-state index contributed by atoms with van der Waals surface area (Å²) < 4.78 is 5.52. The van der Waals surface area contributed by atoms with Crippen molar-refractivity contribution in [3.05, 3.63) is 29.3 Å². The second-order valence-electron chi connectivity index (χ2n) is 5.37. The van der Waals surface area contributed by atoms with Crippen LogP contribution in [0.5, 0.6) is 5.75 Å². The van der Waals surface area contributed by atoms with Gasteiger partial charge in [-0.2, -0.15) is 0 Å². The smallest absolute Gasteiger partial charge is 0.258 e. The molecule has 0 saturated heterocycles. The molecule has 0 spiro atoms. The van der Waals surface area contributed by atoms with Gasteiger partial charge in [0.1, 0.15) is 5.75 Å². The van der Waals surface area contributed by atoms with Crippen molar-refractivity contribution in [1.29, 1.82) is 0 Å². The number of ether oxygens (including phenoxy) is 1. The molecule has 0 saturated carbocycles. The monoisotopic (exact) mass is 262 g/mol. The zero-order chi connectivity index (χ0) is 13.8. The van der Waals surface area contributed by atoms with E-state index in [1.54, 1.807) is 0 Å². The van der Waals surface area contributed by atoms with E-state index in [2.05, 4.69) is 5.32 Å². The highest BCUT2D eigenvalue weighted by molar-refractivity contribution is 5.77. The Labute approximate surface area is 114 Å². The topological polar surface area (TPSA) is 64.3 Å². The van der Waals surface area contributed by atoms with Gasteiger partial charge in [-0.05, 0) is 56.4 Å². The minimum Gasteiger partial charge on any atom is -0.484 e. The number of carbonyl (C=O) groups is 1. The van der Waals surface area contributed by atoms with Crippen molar-refractivity contribution in [1.82, 2.24) is 5.32 Å². The van der Waals surface area contributed by atoms with Crippen molar-refractivity contribution in [2.45, 2.75) is 45.2 Å². The summed E-state index contributed by atoms with van der Waals surface area (Å²) in [5.74, 6) is 0.649. The van der Waals surface area contributed by atoms with Crippen molar-refractivity contribution in [2.24, 2.45) is 5.73 Å². The van der Waals surface area contributed by atoms with Gasteiger partial charge in [0.15, 0.2) is 6.61 Å². The average Bonchev–Trinajstić information content (AvgIpc) is 2.36. The second-order valence-corrected chi connectivity index (χ2v) is 5.37. The Balaban J connectivity index is 1.97. The predicted octanol–water partition coefficient (Wildman–Crippen LogP) is 1.93. The van der Waals surface area contributed by atoms with Crippen LogP contribution in [0.15, 0.2) is 18.2 Å². The van der Waals surface area contributed by atoms with Gasteiger partial charge in [0.2, 0.25) is 0 Å². The first-order valence-electron chi connectivity index (χ1n) is 6.87. The lowest BCUT2D eigenvalue weighted by Crippen LogP contribution is -2.34. The van der Waals surface area contributed by atoms with E-state index in [1.807, 2.05) is 32.0 Å².